The number of aryl methyl sites for hydroxylation is 1. The van der Waals surface area contributed by atoms with E-state index in [-0.39, 0.29) is 24.2 Å². The standard InChI is InChI=1S/C12H13ClN2O4/c1-7-4-8(5-10(13)14-7)11(16)15-2-3-19-6-9(15)12(17)18/h4-5,9H,2-3,6H2,1H3,(H,17,18). The maximum absolute atomic E-state index is 12.3. The topological polar surface area (TPSA) is 79.7 Å². The lowest BCUT2D eigenvalue weighted by Gasteiger charge is -2.32. The summed E-state index contributed by atoms with van der Waals surface area (Å²) < 4.78 is 5.09. The number of ether oxygens (including phenoxy) is 1. The van der Waals surface area contributed by atoms with Crippen molar-refractivity contribution in [1.29, 1.82) is 0 Å². The van der Waals surface area contributed by atoms with Crippen molar-refractivity contribution in [3.05, 3.63) is 28.5 Å². The molecular weight excluding hydrogens is 272 g/mol. The predicted octanol–water partition coefficient (Wildman–Crippen LogP) is 0.969. The molecule has 1 unspecified atom stereocenters. The Morgan fingerprint density at radius 3 is 2.89 bits per heavy atom. The Balaban J connectivity index is 2.28. The summed E-state index contributed by atoms with van der Waals surface area (Å²) in [6.45, 7) is 2.29. The largest absolute Gasteiger partial charge is 0.480 e. The minimum absolute atomic E-state index is 0.00112. The predicted molar refractivity (Wildman–Crippen MR) is 67.3 cm³/mol. The Hall–Kier alpha value is -1.66. The number of rotatable bonds is 2. The molecule has 2 heterocycles. The quantitative estimate of drug-likeness (QED) is 0.819. The first-order chi connectivity index (χ1) is 8.99. The van der Waals surface area contributed by atoms with Gasteiger partial charge in [0.1, 0.15) is 5.15 Å². The van der Waals surface area contributed by atoms with E-state index in [1.807, 2.05) is 0 Å². The number of morpholine rings is 1. The molecule has 0 saturated carbocycles. The number of hydrogen-bond donors (Lipinski definition) is 1. The Kier molecular flexibility index (Phi) is 4.01. The van der Waals surface area contributed by atoms with Gasteiger partial charge in [0.2, 0.25) is 0 Å². The number of halogens is 1. The van der Waals surface area contributed by atoms with Crippen molar-refractivity contribution >= 4 is 23.5 Å². The number of carboxylic acid groups (broad SMARTS) is 1. The number of carbonyl (C=O) groups is 2. The van der Waals surface area contributed by atoms with E-state index in [4.69, 9.17) is 21.4 Å². The summed E-state index contributed by atoms with van der Waals surface area (Å²) in [4.78, 5) is 28.7. The van der Waals surface area contributed by atoms with Crippen molar-refractivity contribution in [2.75, 3.05) is 19.8 Å². The van der Waals surface area contributed by atoms with Crippen LogP contribution in [0.4, 0.5) is 0 Å². The van der Waals surface area contributed by atoms with Crippen LogP contribution in [0.5, 0.6) is 0 Å². The van der Waals surface area contributed by atoms with Crippen molar-refractivity contribution in [3.63, 3.8) is 0 Å². The molecule has 0 aromatic carbocycles. The lowest BCUT2D eigenvalue weighted by Crippen LogP contribution is -2.52. The van der Waals surface area contributed by atoms with Gasteiger partial charge in [0.15, 0.2) is 6.04 Å². The van der Waals surface area contributed by atoms with E-state index < -0.39 is 12.0 Å². The molecule has 1 atom stereocenters. The molecule has 0 spiro atoms. The second-order valence-corrected chi connectivity index (χ2v) is 4.63. The molecule has 1 aliphatic heterocycles. The van der Waals surface area contributed by atoms with Crippen LogP contribution in [0.25, 0.3) is 0 Å². The number of hydrogen-bond acceptors (Lipinski definition) is 4. The van der Waals surface area contributed by atoms with E-state index in [0.29, 0.717) is 17.9 Å². The summed E-state index contributed by atoms with van der Waals surface area (Å²) in [5.41, 5.74) is 0.946. The third-order valence-corrected chi connectivity index (χ3v) is 3.04. The molecule has 1 N–H and O–H groups in total. The zero-order valence-corrected chi connectivity index (χ0v) is 11.1. The summed E-state index contributed by atoms with van der Waals surface area (Å²) in [7, 11) is 0. The smallest absolute Gasteiger partial charge is 0.328 e. The van der Waals surface area contributed by atoms with Crippen LogP contribution in [0.2, 0.25) is 5.15 Å². The first-order valence-corrected chi connectivity index (χ1v) is 6.12. The van der Waals surface area contributed by atoms with Gasteiger partial charge in [-0.3, -0.25) is 4.79 Å². The molecule has 1 fully saturated rings. The summed E-state index contributed by atoms with van der Waals surface area (Å²) in [5, 5.41) is 9.31. The highest BCUT2D eigenvalue weighted by Crippen LogP contribution is 2.16. The molecule has 7 heteroatoms. The summed E-state index contributed by atoms with van der Waals surface area (Å²) >= 11 is 5.81. The average molecular weight is 285 g/mol. The Morgan fingerprint density at radius 2 is 2.26 bits per heavy atom. The number of carbonyl (C=O) groups excluding carboxylic acids is 1. The van der Waals surface area contributed by atoms with Crippen molar-refractivity contribution in [2.24, 2.45) is 0 Å². The van der Waals surface area contributed by atoms with Gasteiger partial charge in [0, 0.05) is 17.8 Å². The molecule has 19 heavy (non-hydrogen) atoms. The van der Waals surface area contributed by atoms with Gasteiger partial charge >= 0.3 is 5.97 Å². The third-order valence-electron chi connectivity index (χ3n) is 2.84. The van der Waals surface area contributed by atoms with Gasteiger partial charge in [0.25, 0.3) is 5.91 Å². The third kappa shape index (κ3) is 3.02. The average Bonchev–Trinajstić information content (AvgIpc) is 2.36. The minimum Gasteiger partial charge on any atom is -0.480 e. The van der Waals surface area contributed by atoms with Gasteiger partial charge in [-0.25, -0.2) is 9.78 Å². The van der Waals surface area contributed by atoms with E-state index in [0.717, 1.165) is 0 Å². The first-order valence-electron chi connectivity index (χ1n) is 5.75. The number of aromatic nitrogens is 1. The van der Waals surface area contributed by atoms with E-state index in [2.05, 4.69) is 4.98 Å². The molecule has 1 aromatic heterocycles. The molecule has 1 amide bonds. The Morgan fingerprint density at radius 1 is 1.53 bits per heavy atom. The van der Waals surface area contributed by atoms with Crippen molar-refractivity contribution < 1.29 is 19.4 Å². The normalized spacial score (nSPS) is 19.3. The van der Waals surface area contributed by atoms with Gasteiger partial charge in [-0.15, -0.1) is 0 Å². The second kappa shape index (κ2) is 5.54. The fraction of sp³-hybridized carbons (Fsp3) is 0.417. The minimum atomic E-state index is -1.08. The Labute approximate surface area is 114 Å². The van der Waals surface area contributed by atoms with E-state index in [1.54, 1.807) is 13.0 Å². The van der Waals surface area contributed by atoms with Crippen LogP contribution in [0.1, 0.15) is 16.1 Å². The van der Waals surface area contributed by atoms with Gasteiger partial charge in [-0.05, 0) is 19.1 Å². The van der Waals surface area contributed by atoms with Crippen LogP contribution < -0.4 is 0 Å². The maximum Gasteiger partial charge on any atom is 0.328 e. The molecule has 0 aliphatic carbocycles. The molecule has 1 aliphatic rings. The van der Waals surface area contributed by atoms with Gasteiger partial charge in [-0.1, -0.05) is 11.6 Å². The molecule has 1 aromatic rings. The van der Waals surface area contributed by atoms with Crippen molar-refractivity contribution in [3.8, 4) is 0 Å². The van der Waals surface area contributed by atoms with E-state index in [9.17, 15) is 9.59 Å². The van der Waals surface area contributed by atoms with Crippen LogP contribution >= 0.6 is 11.6 Å². The first kappa shape index (κ1) is 13.8. The van der Waals surface area contributed by atoms with Gasteiger partial charge in [0.05, 0.1) is 13.2 Å². The van der Waals surface area contributed by atoms with E-state index in [1.165, 1.54) is 11.0 Å². The lowest BCUT2D eigenvalue weighted by atomic mass is 10.1. The number of carboxylic acids is 1. The molecule has 0 bridgehead atoms. The summed E-state index contributed by atoms with van der Waals surface area (Å²) in [5.74, 6) is -1.45. The highest BCUT2D eigenvalue weighted by molar-refractivity contribution is 6.29. The highest BCUT2D eigenvalue weighted by atomic mass is 35.5. The van der Waals surface area contributed by atoms with Crippen LogP contribution in [0.3, 0.4) is 0 Å². The molecule has 0 radical (unpaired) electrons. The summed E-state index contributed by atoms with van der Waals surface area (Å²) in [6, 6.07) is 2.06. The second-order valence-electron chi connectivity index (χ2n) is 4.25. The highest BCUT2D eigenvalue weighted by Gasteiger charge is 2.33. The Bertz CT molecular complexity index is 500. The monoisotopic (exact) mass is 284 g/mol. The zero-order valence-electron chi connectivity index (χ0n) is 10.3. The number of nitrogens with zero attached hydrogens (tertiary/aromatic N) is 2. The molecule has 1 saturated heterocycles. The van der Waals surface area contributed by atoms with Crippen LogP contribution in [0.15, 0.2) is 12.1 Å². The van der Waals surface area contributed by atoms with Crippen LogP contribution in [0, 0.1) is 6.92 Å². The fourth-order valence-electron chi connectivity index (χ4n) is 1.97. The number of aliphatic carboxylic acids is 1. The molecule has 2 rings (SSSR count). The number of pyridine rings is 1. The van der Waals surface area contributed by atoms with Gasteiger partial charge < -0.3 is 14.7 Å². The SMILES string of the molecule is Cc1cc(C(=O)N2CCOCC2C(=O)O)cc(Cl)n1. The zero-order chi connectivity index (χ0) is 14.0. The number of amides is 1. The molecule has 6 nitrogen and oxygen atoms in total. The van der Waals surface area contributed by atoms with Crippen LogP contribution in [-0.2, 0) is 9.53 Å². The van der Waals surface area contributed by atoms with Crippen LogP contribution in [-0.4, -0.2) is 52.7 Å². The van der Waals surface area contributed by atoms with Crippen molar-refractivity contribution in [2.45, 2.75) is 13.0 Å². The molecule has 102 valence electrons. The van der Waals surface area contributed by atoms with E-state index >= 15 is 0 Å². The maximum atomic E-state index is 12.3. The van der Waals surface area contributed by atoms with Crippen molar-refractivity contribution in [1.82, 2.24) is 9.88 Å². The lowest BCUT2D eigenvalue weighted by molar-refractivity contribution is -0.147. The van der Waals surface area contributed by atoms with Gasteiger partial charge in [-0.2, -0.15) is 0 Å². The summed E-state index contributed by atoms with van der Waals surface area (Å²) in [6.07, 6.45) is 0. The fourth-order valence-corrected chi connectivity index (χ4v) is 2.22. The molecular formula is C12H13ClN2O4.